The Hall–Kier alpha value is -2.46. The third-order valence-corrected chi connectivity index (χ3v) is 4.56. The van der Waals surface area contributed by atoms with Crippen LogP contribution in [-0.2, 0) is 19.9 Å². The van der Waals surface area contributed by atoms with Gasteiger partial charge < -0.3 is 15.6 Å². The maximum atomic E-state index is 13.4. The Morgan fingerprint density at radius 2 is 1.92 bits per heavy atom. The molecule has 10 heteroatoms. The van der Waals surface area contributed by atoms with E-state index in [1.54, 1.807) is 18.2 Å². The van der Waals surface area contributed by atoms with E-state index in [4.69, 9.17) is 10.5 Å². The zero-order valence-corrected chi connectivity index (χ0v) is 14.3. The normalized spacial score (nSPS) is 15.1. The van der Waals surface area contributed by atoms with Crippen LogP contribution in [0.25, 0.3) is 0 Å². The zero-order chi connectivity index (χ0) is 19.5. The summed E-state index contributed by atoms with van der Waals surface area (Å²) in [6, 6.07) is 7.59. The largest absolute Gasteiger partial charge is 0.447 e. The van der Waals surface area contributed by atoms with Gasteiger partial charge in [-0.25, -0.2) is 4.98 Å². The SMILES string of the molecule is Cc1csc([C@](O)(CC(=O)O[C@H](C(N)=O)c2ccccc2)C(F)(F)F)n1. The van der Waals surface area contributed by atoms with Gasteiger partial charge in [0, 0.05) is 16.6 Å². The number of hydrogen-bond donors (Lipinski definition) is 2. The van der Waals surface area contributed by atoms with E-state index in [1.165, 1.54) is 24.4 Å². The molecule has 1 amide bonds. The number of alkyl halides is 3. The molecule has 2 atom stereocenters. The van der Waals surface area contributed by atoms with E-state index in [2.05, 4.69) is 4.98 Å². The summed E-state index contributed by atoms with van der Waals surface area (Å²) in [6.07, 6.45) is -8.20. The molecular formula is C16H15F3N2O4S. The minimum Gasteiger partial charge on any atom is -0.447 e. The van der Waals surface area contributed by atoms with Crippen molar-refractivity contribution in [2.45, 2.75) is 31.2 Å². The van der Waals surface area contributed by atoms with Gasteiger partial charge in [0.1, 0.15) is 5.01 Å². The first-order chi connectivity index (χ1) is 12.0. The molecule has 0 fully saturated rings. The number of primary amides is 1. The van der Waals surface area contributed by atoms with Crippen molar-refractivity contribution in [3.8, 4) is 0 Å². The van der Waals surface area contributed by atoms with Crippen LogP contribution in [0.5, 0.6) is 0 Å². The number of nitrogens with two attached hydrogens (primary N) is 1. The molecule has 0 unspecified atom stereocenters. The number of carbonyl (C=O) groups excluding carboxylic acids is 2. The molecule has 0 radical (unpaired) electrons. The predicted octanol–water partition coefficient (Wildman–Crippen LogP) is 2.36. The summed E-state index contributed by atoms with van der Waals surface area (Å²) < 4.78 is 45.0. The molecule has 3 N–H and O–H groups in total. The fourth-order valence-corrected chi connectivity index (χ4v) is 3.06. The molecule has 0 aliphatic carbocycles. The van der Waals surface area contributed by atoms with Gasteiger partial charge in [-0.1, -0.05) is 30.3 Å². The monoisotopic (exact) mass is 388 g/mol. The van der Waals surface area contributed by atoms with Gasteiger partial charge in [0.15, 0.2) is 0 Å². The van der Waals surface area contributed by atoms with Crippen molar-refractivity contribution < 1.29 is 32.6 Å². The van der Waals surface area contributed by atoms with Crippen molar-refractivity contribution in [3.05, 3.63) is 52.0 Å². The number of halogens is 3. The van der Waals surface area contributed by atoms with Gasteiger partial charge in [0.25, 0.3) is 5.91 Å². The van der Waals surface area contributed by atoms with Crippen LogP contribution in [0.2, 0.25) is 0 Å². The molecule has 26 heavy (non-hydrogen) atoms. The molecule has 1 aromatic heterocycles. The van der Waals surface area contributed by atoms with Crippen LogP contribution >= 0.6 is 11.3 Å². The van der Waals surface area contributed by atoms with Crippen LogP contribution in [0.3, 0.4) is 0 Å². The second kappa shape index (κ2) is 7.42. The third kappa shape index (κ3) is 4.20. The molecule has 140 valence electrons. The first-order valence-electron chi connectivity index (χ1n) is 7.30. The van der Waals surface area contributed by atoms with Gasteiger partial charge in [0.2, 0.25) is 11.7 Å². The van der Waals surface area contributed by atoms with Gasteiger partial charge in [0.05, 0.1) is 6.42 Å². The number of nitrogens with zero attached hydrogens (tertiary/aromatic N) is 1. The lowest BCUT2D eigenvalue weighted by molar-refractivity contribution is -0.270. The van der Waals surface area contributed by atoms with E-state index < -0.39 is 41.2 Å². The van der Waals surface area contributed by atoms with Gasteiger partial charge in [-0.2, -0.15) is 13.2 Å². The molecule has 0 saturated carbocycles. The van der Waals surface area contributed by atoms with Gasteiger partial charge in [-0.15, -0.1) is 11.3 Å². The summed E-state index contributed by atoms with van der Waals surface area (Å²) in [5, 5.41) is 10.8. The van der Waals surface area contributed by atoms with Crippen LogP contribution in [0.4, 0.5) is 13.2 Å². The van der Waals surface area contributed by atoms with Crippen molar-refractivity contribution in [1.82, 2.24) is 4.98 Å². The number of aliphatic hydroxyl groups is 1. The molecule has 0 spiro atoms. The number of amides is 1. The number of aromatic nitrogens is 1. The van der Waals surface area contributed by atoms with Crippen LogP contribution in [0, 0.1) is 6.92 Å². The van der Waals surface area contributed by atoms with Crippen molar-refractivity contribution in [3.63, 3.8) is 0 Å². The summed E-state index contributed by atoms with van der Waals surface area (Å²) in [6.45, 7) is 1.45. The van der Waals surface area contributed by atoms with Gasteiger partial charge in [-0.3, -0.25) is 9.59 Å². The number of hydrogen-bond acceptors (Lipinski definition) is 6. The molecule has 2 rings (SSSR count). The Balaban J connectivity index is 2.26. The van der Waals surface area contributed by atoms with Crippen molar-refractivity contribution >= 4 is 23.2 Å². The quantitative estimate of drug-likeness (QED) is 0.740. The molecular weight excluding hydrogens is 373 g/mol. The maximum absolute atomic E-state index is 13.4. The summed E-state index contributed by atoms with van der Waals surface area (Å²) in [5.74, 6) is -2.49. The Morgan fingerprint density at radius 1 is 1.31 bits per heavy atom. The highest BCUT2D eigenvalue weighted by Gasteiger charge is 2.58. The Morgan fingerprint density at radius 3 is 2.38 bits per heavy atom. The Kier molecular flexibility index (Phi) is 5.67. The zero-order valence-electron chi connectivity index (χ0n) is 13.5. The highest BCUT2D eigenvalue weighted by molar-refractivity contribution is 7.09. The Labute approximate surface area is 150 Å². The van der Waals surface area contributed by atoms with Crippen LogP contribution in [0.15, 0.2) is 35.7 Å². The minimum absolute atomic E-state index is 0.203. The molecule has 1 aromatic carbocycles. The van der Waals surface area contributed by atoms with Crippen LogP contribution < -0.4 is 5.73 Å². The average Bonchev–Trinajstić information content (AvgIpc) is 2.99. The van der Waals surface area contributed by atoms with Gasteiger partial charge >= 0.3 is 12.1 Å². The maximum Gasteiger partial charge on any atom is 0.424 e. The highest BCUT2D eigenvalue weighted by atomic mass is 32.1. The molecule has 0 saturated heterocycles. The van der Waals surface area contributed by atoms with Crippen molar-refractivity contribution in [2.75, 3.05) is 0 Å². The van der Waals surface area contributed by atoms with E-state index in [9.17, 15) is 27.9 Å². The second-order valence-electron chi connectivity index (χ2n) is 5.51. The number of rotatable bonds is 6. The molecule has 0 bridgehead atoms. The smallest absolute Gasteiger partial charge is 0.424 e. The molecule has 1 heterocycles. The van der Waals surface area contributed by atoms with E-state index in [1.807, 2.05) is 0 Å². The van der Waals surface area contributed by atoms with Crippen molar-refractivity contribution in [1.29, 1.82) is 0 Å². The summed E-state index contributed by atoms with van der Waals surface area (Å²) in [4.78, 5) is 27.2. The summed E-state index contributed by atoms with van der Waals surface area (Å²) >= 11 is 0.566. The number of esters is 1. The number of benzene rings is 1. The number of ether oxygens (including phenoxy) is 1. The predicted molar refractivity (Wildman–Crippen MR) is 85.9 cm³/mol. The fourth-order valence-electron chi connectivity index (χ4n) is 2.14. The number of carbonyl (C=O) groups is 2. The average molecular weight is 388 g/mol. The lowest BCUT2D eigenvalue weighted by atomic mass is 9.99. The number of thiazole rings is 1. The lowest BCUT2D eigenvalue weighted by Gasteiger charge is -2.28. The number of aryl methyl sites for hydroxylation is 1. The minimum atomic E-state index is -5.18. The van der Waals surface area contributed by atoms with Gasteiger partial charge in [-0.05, 0) is 6.92 Å². The van der Waals surface area contributed by atoms with Crippen LogP contribution in [-0.4, -0.2) is 28.1 Å². The van der Waals surface area contributed by atoms with E-state index in [0.29, 0.717) is 11.3 Å². The molecule has 0 aliphatic rings. The van der Waals surface area contributed by atoms with Crippen molar-refractivity contribution in [2.24, 2.45) is 5.73 Å². The summed E-state index contributed by atoms with van der Waals surface area (Å²) in [7, 11) is 0. The topological polar surface area (TPSA) is 103 Å². The first-order valence-corrected chi connectivity index (χ1v) is 8.18. The molecule has 0 aliphatic heterocycles. The summed E-state index contributed by atoms with van der Waals surface area (Å²) in [5.41, 5.74) is 2.11. The fraction of sp³-hybridized carbons (Fsp3) is 0.312. The van der Waals surface area contributed by atoms with E-state index >= 15 is 0 Å². The third-order valence-electron chi connectivity index (χ3n) is 3.45. The molecule has 6 nitrogen and oxygen atoms in total. The standard InChI is InChI=1S/C16H15F3N2O4S/c1-9-8-26-14(21-9)15(24,16(17,18)19)7-11(22)25-12(13(20)23)10-5-3-2-4-6-10/h2-6,8,12,24H,7H2,1H3,(H2,20,23)/t12-,15+/m0/s1. The lowest BCUT2D eigenvalue weighted by Crippen LogP contribution is -2.44. The highest BCUT2D eigenvalue weighted by Crippen LogP contribution is 2.43. The van der Waals surface area contributed by atoms with Crippen LogP contribution in [0.1, 0.15) is 28.8 Å². The van der Waals surface area contributed by atoms with E-state index in [0.717, 1.165) is 0 Å². The second-order valence-corrected chi connectivity index (χ2v) is 6.37. The first kappa shape index (κ1) is 19.9. The molecule has 2 aromatic rings. The van der Waals surface area contributed by atoms with E-state index in [-0.39, 0.29) is 11.3 Å². The Bertz CT molecular complexity index is 794.